The van der Waals surface area contributed by atoms with Gasteiger partial charge in [0.05, 0.1) is 19.0 Å². The molecular formula is C16H18F2N4O. The van der Waals surface area contributed by atoms with Crippen molar-refractivity contribution in [3.8, 4) is 5.88 Å². The Hall–Kier alpha value is -2.44. The fourth-order valence-corrected chi connectivity index (χ4v) is 2.74. The largest absolute Gasteiger partial charge is 0.479 e. The second-order valence-corrected chi connectivity index (χ2v) is 5.48. The van der Waals surface area contributed by atoms with E-state index in [0.717, 1.165) is 25.7 Å². The lowest BCUT2D eigenvalue weighted by atomic mass is 10.1. The number of benzene rings is 1. The monoisotopic (exact) mass is 320 g/mol. The van der Waals surface area contributed by atoms with E-state index in [4.69, 9.17) is 4.74 Å². The molecule has 0 aliphatic carbocycles. The van der Waals surface area contributed by atoms with Gasteiger partial charge >= 0.3 is 0 Å². The predicted molar refractivity (Wildman–Crippen MR) is 83.8 cm³/mol. The number of para-hydroxylation sites is 1. The van der Waals surface area contributed by atoms with Gasteiger partial charge < -0.3 is 15.0 Å². The molecule has 1 fully saturated rings. The summed E-state index contributed by atoms with van der Waals surface area (Å²) in [6, 6.07) is 6.79. The van der Waals surface area contributed by atoms with E-state index in [1.165, 1.54) is 13.2 Å². The van der Waals surface area contributed by atoms with Crippen molar-refractivity contribution in [2.24, 2.45) is 5.92 Å². The molecule has 1 unspecified atom stereocenters. The van der Waals surface area contributed by atoms with Gasteiger partial charge in [0.25, 0.3) is 5.88 Å². The van der Waals surface area contributed by atoms with E-state index >= 15 is 0 Å². The Bertz CT molecular complexity index is 683. The molecule has 0 spiro atoms. The number of rotatable bonds is 5. The van der Waals surface area contributed by atoms with Gasteiger partial charge in [0.2, 0.25) is 11.8 Å². The third-order valence-electron chi connectivity index (χ3n) is 3.93. The van der Waals surface area contributed by atoms with Crippen LogP contribution in [0, 0.1) is 17.6 Å². The predicted octanol–water partition coefficient (Wildman–Crippen LogP) is 2.70. The van der Waals surface area contributed by atoms with Crippen LogP contribution in [0.3, 0.4) is 0 Å². The lowest BCUT2D eigenvalue weighted by Crippen LogP contribution is -2.23. The molecule has 5 nitrogen and oxygen atoms in total. The minimum atomic E-state index is -0.593. The van der Waals surface area contributed by atoms with E-state index in [-0.39, 0.29) is 11.7 Å². The highest BCUT2D eigenvalue weighted by Gasteiger charge is 2.24. The Morgan fingerprint density at radius 3 is 2.91 bits per heavy atom. The zero-order valence-corrected chi connectivity index (χ0v) is 12.8. The molecule has 1 N–H and O–H groups in total. The van der Waals surface area contributed by atoms with Gasteiger partial charge in [-0.2, -0.15) is 9.37 Å². The number of anilines is 2. The molecule has 0 radical (unpaired) electrons. The minimum absolute atomic E-state index is 0.0816. The Kier molecular flexibility index (Phi) is 4.55. The fourth-order valence-electron chi connectivity index (χ4n) is 2.74. The standard InChI is InChI=1S/C16H18F2N4O/c1-23-15-13(18)9-20-16(21-15)19-8-11-6-7-22(10-11)14-5-3-2-4-12(14)17/h2-5,9,11H,6-8,10H2,1H3,(H,19,20,21). The maximum atomic E-state index is 13.8. The van der Waals surface area contributed by atoms with Crippen molar-refractivity contribution in [3.05, 3.63) is 42.1 Å². The lowest BCUT2D eigenvalue weighted by Gasteiger charge is -2.19. The van der Waals surface area contributed by atoms with Gasteiger partial charge in [-0.05, 0) is 24.5 Å². The van der Waals surface area contributed by atoms with E-state index in [2.05, 4.69) is 15.3 Å². The Labute approximate surface area is 133 Å². The molecule has 1 aromatic heterocycles. The second-order valence-electron chi connectivity index (χ2n) is 5.48. The maximum Gasteiger partial charge on any atom is 0.255 e. The van der Waals surface area contributed by atoms with Crippen LogP contribution in [-0.4, -0.2) is 36.7 Å². The molecule has 23 heavy (non-hydrogen) atoms. The molecular weight excluding hydrogens is 302 g/mol. The zero-order valence-electron chi connectivity index (χ0n) is 12.8. The number of aromatic nitrogens is 2. The lowest BCUT2D eigenvalue weighted by molar-refractivity contribution is 0.367. The average Bonchev–Trinajstić information content (AvgIpc) is 3.03. The van der Waals surface area contributed by atoms with Crippen molar-refractivity contribution in [1.29, 1.82) is 0 Å². The van der Waals surface area contributed by atoms with Crippen LogP contribution in [-0.2, 0) is 0 Å². The highest BCUT2D eigenvalue weighted by atomic mass is 19.1. The summed E-state index contributed by atoms with van der Waals surface area (Å²) in [4.78, 5) is 9.87. The van der Waals surface area contributed by atoms with Crippen LogP contribution in [0.4, 0.5) is 20.4 Å². The van der Waals surface area contributed by atoms with E-state index in [9.17, 15) is 8.78 Å². The summed E-state index contributed by atoms with van der Waals surface area (Å²) >= 11 is 0. The van der Waals surface area contributed by atoms with Gasteiger partial charge in [-0.3, -0.25) is 0 Å². The summed E-state index contributed by atoms with van der Waals surface area (Å²) in [5.74, 6) is -0.207. The fraction of sp³-hybridized carbons (Fsp3) is 0.375. The van der Waals surface area contributed by atoms with Gasteiger partial charge in [-0.25, -0.2) is 9.37 Å². The first kappa shape index (κ1) is 15.5. The SMILES string of the molecule is COc1nc(NCC2CCN(c3ccccc3F)C2)ncc1F. The van der Waals surface area contributed by atoms with Crippen molar-refractivity contribution in [3.63, 3.8) is 0 Å². The van der Waals surface area contributed by atoms with E-state index in [1.54, 1.807) is 12.1 Å². The van der Waals surface area contributed by atoms with Gasteiger partial charge in [0.1, 0.15) is 5.82 Å². The quantitative estimate of drug-likeness (QED) is 0.918. The van der Waals surface area contributed by atoms with Gasteiger partial charge in [-0.1, -0.05) is 12.1 Å². The number of methoxy groups -OCH3 is 1. The number of halogens is 2. The van der Waals surface area contributed by atoms with E-state index < -0.39 is 5.82 Å². The Morgan fingerprint density at radius 1 is 1.30 bits per heavy atom. The summed E-state index contributed by atoms with van der Waals surface area (Å²) in [6.07, 6.45) is 2.02. The topological polar surface area (TPSA) is 50.3 Å². The van der Waals surface area contributed by atoms with Crippen LogP contribution in [0.5, 0.6) is 5.88 Å². The molecule has 7 heteroatoms. The van der Waals surface area contributed by atoms with Crippen molar-refractivity contribution >= 4 is 11.6 Å². The Morgan fingerprint density at radius 2 is 2.13 bits per heavy atom. The van der Waals surface area contributed by atoms with Crippen LogP contribution in [0.1, 0.15) is 6.42 Å². The molecule has 2 aromatic rings. The van der Waals surface area contributed by atoms with Crippen LogP contribution in [0.2, 0.25) is 0 Å². The molecule has 2 heterocycles. The molecule has 1 aliphatic rings. The average molecular weight is 320 g/mol. The highest BCUT2D eigenvalue weighted by molar-refractivity contribution is 5.48. The van der Waals surface area contributed by atoms with Gasteiger partial charge in [0, 0.05) is 19.6 Å². The summed E-state index contributed by atoms with van der Waals surface area (Å²) in [5.41, 5.74) is 0.634. The van der Waals surface area contributed by atoms with Crippen molar-refractivity contribution in [2.75, 3.05) is 37.0 Å². The zero-order chi connectivity index (χ0) is 16.2. The molecule has 0 saturated carbocycles. The molecule has 3 rings (SSSR count). The maximum absolute atomic E-state index is 13.8. The minimum Gasteiger partial charge on any atom is -0.479 e. The van der Waals surface area contributed by atoms with Crippen molar-refractivity contribution in [1.82, 2.24) is 9.97 Å². The van der Waals surface area contributed by atoms with Crippen LogP contribution in [0.25, 0.3) is 0 Å². The summed E-state index contributed by atoms with van der Waals surface area (Å²) in [7, 11) is 1.36. The number of hydrogen-bond acceptors (Lipinski definition) is 5. The molecule has 1 atom stereocenters. The number of nitrogens with one attached hydrogen (secondary N) is 1. The third kappa shape index (κ3) is 3.49. The summed E-state index contributed by atoms with van der Waals surface area (Å²) in [6.45, 7) is 2.20. The number of hydrogen-bond donors (Lipinski definition) is 1. The first-order valence-corrected chi connectivity index (χ1v) is 7.47. The molecule has 122 valence electrons. The van der Waals surface area contributed by atoms with Crippen LogP contribution < -0.4 is 15.0 Å². The smallest absolute Gasteiger partial charge is 0.255 e. The Balaban J connectivity index is 1.57. The molecule has 0 bridgehead atoms. The van der Waals surface area contributed by atoms with Crippen molar-refractivity contribution in [2.45, 2.75) is 6.42 Å². The number of nitrogens with zero attached hydrogens (tertiary/aromatic N) is 3. The highest BCUT2D eigenvalue weighted by Crippen LogP contribution is 2.26. The molecule has 1 aliphatic heterocycles. The molecule has 0 amide bonds. The molecule has 1 aromatic carbocycles. The molecule has 1 saturated heterocycles. The summed E-state index contributed by atoms with van der Waals surface area (Å²) < 4.78 is 31.9. The van der Waals surface area contributed by atoms with Gasteiger partial charge in [0.15, 0.2) is 0 Å². The van der Waals surface area contributed by atoms with Crippen LogP contribution in [0.15, 0.2) is 30.5 Å². The third-order valence-corrected chi connectivity index (χ3v) is 3.93. The second kappa shape index (κ2) is 6.76. The first-order valence-electron chi connectivity index (χ1n) is 7.47. The normalized spacial score (nSPS) is 17.3. The van der Waals surface area contributed by atoms with E-state index in [1.807, 2.05) is 11.0 Å². The van der Waals surface area contributed by atoms with E-state index in [0.29, 0.717) is 24.1 Å². The first-order chi connectivity index (χ1) is 11.2. The number of ether oxygens (including phenoxy) is 1. The summed E-state index contributed by atoms with van der Waals surface area (Å²) in [5, 5.41) is 3.09. The van der Waals surface area contributed by atoms with Crippen LogP contribution >= 0.6 is 0 Å². The van der Waals surface area contributed by atoms with Gasteiger partial charge in [-0.15, -0.1) is 0 Å². The van der Waals surface area contributed by atoms with Crippen molar-refractivity contribution < 1.29 is 13.5 Å².